The van der Waals surface area contributed by atoms with Crippen LogP contribution in [0.1, 0.15) is 37.0 Å². The van der Waals surface area contributed by atoms with E-state index in [9.17, 15) is 9.59 Å². The number of amides is 2. The first kappa shape index (κ1) is 24.7. The van der Waals surface area contributed by atoms with Crippen molar-refractivity contribution in [3.63, 3.8) is 0 Å². The maximum atomic E-state index is 12.2. The highest BCUT2D eigenvalue weighted by atomic mass is 35.5. The molecular formula is C21H23Cl2N3O4S. The van der Waals surface area contributed by atoms with Crippen LogP contribution in [0.2, 0.25) is 10.0 Å². The van der Waals surface area contributed by atoms with Crippen molar-refractivity contribution in [3.05, 3.63) is 58.1 Å². The van der Waals surface area contributed by atoms with E-state index in [0.29, 0.717) is 40.1 Å². The molecule has 10 heteroatoms. The van der Waals surface area contributed by atoms with Crippen LogP contribution < -0.4 is 25.6 Å². The predicted molar refractivity (Wildman–Crippen MR) is 125 cm³/mol. The standard InChI is InChI=1S/C21H23Cl2N3O4S/c1-13(2)30-16-8-5-14(6-9-16)20(28)24-21(31)26-25-19(27)4-3-11-29-18-10-7-15(22)12-17(18)23/h5-10,12-13H,3-4,11H2,1-2H3,(H,25,27)(H2,24,26,28,31). The van der Waals surface area contributed by atoms with Crippen molar-refractivity contribution in [2.45, 2.75) is 32.8 Å². The Balaban J connectivity index is 1.65. The van der Waals surface area contributed by atoms with Gasteiger partial charge in [-0.05, 0) is 75.0 Å². The van der Waals surface area contributed by atoms with Gasteiger partial charge in [0.2, 0.25) is 5.91 Å². The Morgan fingerprint density at radius 3 is 2.42 bits per heavy atom. The van der Waals surface area contributed by atoms with Crippen molar-refractivity contribution < 1.29 is 19.1 Å². The molecule has 0 fully saturated rings. The molecule has 166 valence electrons. The lowest BCUT2D eigenvalue weighted by molar-refractivity contribution is -0.121. The minimum atomic E-state index is -0.406. The molecule has 2 amide bonds. The van der Waals surface area contributed by atoms with E-state index in [1.807, 2.05) is 13.8 Å². The molecule has 0 saturated heterocycles. The molecule has 0 aliphatic rings. The van der Waals surface area contributed by atoms with Gasteiger partial charge in [-0.2, -0.15) is 0 Å². The number of ether oxygens (including phenoxy) is 2. The lowest BCUT2D eigenvalue weighted by atomic mass is 10.2. The van der Waals surface area contributed by atoms with Gasteiger partial charge in [0.05, 0.1) is 17.7 Å². The molecule has 0 spiro atoms. The molecule has 2 rings (SSSR count). The molecule has 0 radical (unpaired) electrons. The quantitative estimate of drug-likeness (QED) is 0.295. The maximum Gasteiger partial charge on any atom is 0.257 e. The van der Waals surface area contributed by atoms with E-state index in [2.05, 4.69) is 16.2 Å². The van der Waals surface area contributed by atoms with Gasteiger partial charge in [0.25, 0.3) is 5.91 Å². The number of hydrazine groups is 1. The van der Waals surface area contributed by atoms with Crippen molar-refractivity contribution in [3.8, 4) is 11.5 Å². The van der Waals surface area contributed by atoms with E-state index in [4.69, 9.17) is 44.9 Å². The fourth-order valence-electron chi connectivity index (χ4n) is 2.36. The average molecular weight is 484 g/mol. The van der Waals surface area contributed by atoms with Gasteiger partial charge in [-0.3, -0.25) is 25.8 Å². The number of carbonyl (C=O) groups is 2. The molecule has 0 aromatic heterocycles. The van der Waals surface area contributed by atoms with Crippen LogP contribution in [-0.4, -0.2) is 29.6 Å². The van der Waals surface area contributed by atoms with Crippen molar-refractivity contribution in [1.82, 2.24) is 16.2 Å². The van der Waals surface area contributed by atoms with Crippen LogP contribution in [0.4, 0.5) is 0 Å². The van der Waals surface area contributed by atoms with Gasteiger partial charge in [0, 0.05) is 17.0 Å². The van der Waals surface area contributed by atoms with E-state index < -0.39 is 5.91 Å². The summed E-state index contributed by atoms with van der Waals surface area (Å²) in [7, 11) is 0. The first-order chi connectivity index (χ1) is 14.7. The number of hydrogen-bond acceptors (Lipinski definition) is 5. The van der Waals surface area contributed by atoms with Crippen LogP contribution in [0.5, 0.6) is 11.5 Å². The van der Waals surface area contributed by atoms with Crippen molar-refractivity contribution in [1.29, 1.82) is 0 Å². The van der Waals surface area contributed by atoms with Gasteiger partial charge in [0.15, 0.2) is 5.11 Å². The lowest BCUT2D eigenvalue weighted by Crippen LogP contribution is -2.48. The number of carbonyl (C=O) groups excluding carboxylic acids is 2. The summed E-state index contributed by atoms with van der Waals surface area (Å²) < 4.78 is 11.0. The molecule has 3 N–H and O–H groups in total. The molecule has 31 heavy (non-hydrogen) atoms. The minimum absolute atomic E-state index is 0.0231. The van der Waals surface area contributed by atoms with E-state index in [-0.39, 0.29) is 23.5 Å². The molecule has 7 nitrogen and oxygen atoms in total. The Morgan fingerprint density at radius 1 is 1.06 bits per heavy atom. The monoisotopic (exact) mass is 483 g/mol. The van der Waals surface area contributed by atoms with Gasteiger partial charge >= 0.3 is 0 Å². The molecule has 0 bridgehead atoms. The van der Waals surface area contributed by atoms with Crippen molar-refractivity contribution in [2.24, 2.45) is 0 Å². The highest BCUT2D eigenvalue weighted by Gasteiger charge is 2.10. The third kappa shape index (κ3) is 9.00. The first-order valence-electron chi connectivity index (χ1n) is 9.49. The van der Waals surface area contributed by atoms with Gasteiger partial charge < -0.3 is 9.47 Å². The van der Waals surface area contributed by atoms with Crippen LogP contribution in [0.25, 0.3) is 0 Å². The fraction of sp³-hybridized carbons (Fsp3) is 0.286. The molecular weight excluding hydrogens is 461 g/mol. The molecule has 0 unspecified atom stereocenters. The summed E-state index contributed by atoms with van der Waals surface area (Å²) in [6, 6.07) is 11.6. The predicted octanol–water partition coefficient (Wildman–Crippen LogP) is 4.28. The van der Waals surface area contributed by atoms with Crippen LogP contribution in [0, 0.1) is 0 Å². The second-order valence-electron chi connectivity index (χ2n) is 6.67. The van der Waals surface area contributed by atoms with Gasteiger partial charge in [-0.15, -0.1) is 0 Å². The smallest absolute Gasteiger partial charge is 0.257 e. The largest absolute Gasteiger partial charge is 0.492 e. The number of rotatable bonds is 8. The summed E-state index contributed by atoms with van der Waals surface area (Å²) in [6.07, 6.45) is 0.685. The van der Waals surface area contributed by atoms with Crippen LogP contribution >= 0.6 is 35.4 Å². The lowest BCUT2D eigenvalue weighted by Gasteiger charge is -2.12. The fourth-order valence-corrected chi connectivity index (χ4v) is 2.97. The van der Waals surface area contributed by atoms with E-state index in [1.165, 1.54) is 0 Å². The summed E-state index contributed by atoms with van der Waals surface area (Å²) in [5, 5.41) is 3.39. The van der Waals surface area contributed by atoms with Crippen LogP contribution in [0.3, 0.4) is 0 Å². The first-order valence-corrected chi connectivity index (χ1v) is 10.7. The Hall–Kier alpha value is -2.55. The molecule has 0 saturated carbocycles. The second kappa shape index (κ2) is 12.3. The topological polar surface area (TPSA) is 88.7 Å². The molecule has 2 aromatic carbocycles. The minimum Gasteiger partial charge on any atom is -0.492 e. The van der Waals surface area contributed by atoms with Crippen molar-refractivity contribution in [2.75, 3.05) is 6.61 Å². The number of nitrogens with one attached hydrogen (secondary N) is 3. The Kier molecular flexibility index (Phi) is 9.84. The molecule has 0 aliphatic carbocycles. The zero-order valence-corrected chi connectivity index (χ0v) is 19.4. The average Bonchev–Trinajstić information content (AvgIpc) is 2.71. The number of hydrogen-bond donors (Lipinski definition) is 3. The van der Waals surface area contributed by atoms with E-state index >= 15 is 0 Å². The van der Waals surface area contributed by atoms with E-state index in [0.717, 1.165) is 0 Å². The van der Waals surface area contributed by atoms with Crippen molar-refractivity contribution >= 4 is 52.3 Å². The molecule has 2 aromatic rings. The molecule has 0 aliphatic heterocycles. The van der Waals surface area contributed by atoms with E-state index in [1.54, 1.807) is 42.5 Å². The normalized spacial score (nSPS) is 10.4. The Bertz CT molecular complexity index is 923. The van der Waals surface area contributed by atoms with Gasteiger partial charge in [-0.1, -0.05) is 23.2 Å². The maximum absolute atomic E-state index is 12.2. The SMILES string of the molecule is CC(C)Oc1ccc(C(=O)NC(=S)NNC(=O)CCCOc2ccc(Cl)cc2Cl)cc1. The summed E-state index contributed by atoms with van der Waals surface area (Å²) in [6.45, 7) is 4.13. The summed E-state index contributed by atoms with van der Waals surface area (Å²) in [5.41, 5.74) is 5.32. The molecule has 0 atom stereocenters. The third-order valence-corrected chi connectivity index (χ3v) is 4.47. The number of benzene rings is 2. The summed E-state index contributed by atoms with van der Waals surface area (Å²) in [5.74, 6) is 0.452. The zero-order chi connectivity index (χ0) is 22.8. The second-order valence-corrected chi connectivity index (χ2v) is 7.93. The highest BCUT2D eigenvalue weighted by Crippen LogP contribution is 2.27. The number of halogens is 2. The third-order valence-electron chi connectivity index (χ3n) is 3.73. The van der Waals surface area contributed by atoms with Crippen LogP contribution in [0.15, 0.2) is 42.5 Å². The summed E-state index contributed by atoms with van der Waals surface area (Å²) in [4.78, 5) is 24.1. The van der Waals surface area contributed by atoms with Gasteiger partial charge in [0.1, 0.15) is 11.5 Å². The molecule has 0 heterocycles. The Morgan fingerprint density at radius 2 is 1.77 bits per heavy atom. The zero-order valence-electron chi connectivity index (χ0n) is 17.0. The highest BCUT2D eigenvalue weighted by molar-refractivity contribution is 7.80. The number of thiocarbonyl (C=S) groups is 1. The van der Waals surface area contributed by atoms with Gasteiger partial charge in [-0.25, -0.2) is 0 Å². The Labute approximate surface area is 196 Å². The summed E-state index contributed by atoms with van der Waals surface area (Å²) >= 11 is 16.9. The van der Waals surface area contributed by atoms with Crippen LogP contribution in [-0.2, 0) is 4.79 Å².